The summed E-state index contributed by atoms with van der Waals surface area (Å²) in [7, 11) is 1.79. The molecular formula is C43H46F2N10O6. The number of amides is 4. The maximum absolute atomic E-state index is 15.3. The van der Waals surface area contributed by atoms with E-state index in [-0.39, 0.29) is 30.2 Å². The molecule has 5 aliphatic rings. The highest BCUT2D eigenvalue weighted by atomic mass is 19.1. The van der Waals surface area contributed by atoms with Crippen molar-refractivity contribution in [3.63, 3.8) is 0 Å². The summed E-state index contributed by atoms with van der Waals surface area (Å²) in [5.74, 6) is -3.66. The molecule has 3 fully saturated rings. The highest BCUT2D eigenvalue weighted by Crippen LogP contribution is 2.36. The smallest absolute Gasteiger partial charge is 0.280 e. The van der Waals surface area contributed by atoms with Gasteiger partial charge in [-0.05, 0) is 61.7 Å². The second kappa shape index (κ2) is 16.6. The molecule has 9 rings (SSSR count). The number of guanidine groups is 1. The van der Waals surface area contributed by atoms with E-state index in [9.17, 15) is 19.2 Å². The molecule has 318 valence electrons. The number of aliphatic imine (C=N–C) groups is 1. The molecule has 3 saturated heterocycles. The Balaban J connectivity index is 0.829. The third-order valence-corrected chi connectivity index (χ3v) is 12.0. The maximum atomic E-state index is 15.3. The van der Waals surface area contributed by atoms with Gasteiger partial charge in [0.1, 0.15) is 18.2 Å². The summed E-state index contributed by atoms with van der Waals surface area (Å²) in [5, 5.41) is 9.84. The predicted octanol–water partition coefficient (Wildman–Crippen LogP) is 3.60. The summed E-state index contributed by atoms with van der Waals surface area (Å²) in [5.41, 5.74) is 5.03. The van der Waals surface area contributed by atoms with Gasteiger partial charge in [-0.3, -0.25) is 34.4 Å². The largest absolute Gasteiger partial charge is 0.475 e. The number of anilines is 3. The van der Waals surface area contributed by atoms with Crippen LogP contribution in [0.5, 0.6) is 5.88 Å². The molecule has 7 heterocycles. The molecule has 2 bridgehead atoms. The Hall–Kier alpha value is -6.27. The number of ether oxygens (including phenoxy) is 2. The fourth-order valence-corrected chi connectivity index (χ4v) is 8.83. The summed E-state index contributed by atoms with van der Waals surface area (Å²) in [4.78, 5) is 68.4. The van der Waals surface area contributed by atoms with Crippen molar-refractivity contribution >= 4 is 46.7 Å². The summed E-state index contributed by atoms with van der Waals surface area (Å²) in [6, 6.07) is 12.0. The minimum atomic E-state index is -1.07. The van der Waals surface area contributed by atoms with E-state index in [2.05, 4.69) is 36.7 Å². The van der Waals surface area contributed by atoms with Crippen LogP contribution in [0.4, 0.5) is 25.8 Å². The first-order valence-corrected chi connectivity index (χ1v) is 20.6. The number of hydrogen-bond donors (Lipinski definition) is 2. The summed E-state index contributed by atoms with van der Waals surface area (Å²) in [6.07, 6.45) is 2.29. The summed E-state index contributed by atoms with van der Waals surface area (Å²) < 4.78 is 44.2. The van der Waals surface area contributed by atoms with E-state index < -0.39 is 35.3 Å². The van der Waals surface area contributed by atoms with Crippen LogP contribution in [0, 0.1) is 24.5 Å². The van der Waals surface area contributed by atoms with Crippen LogP contribution in [0.25, 0.3) is 11.3 Å². The number of hydrogen-bond acceptors (Lipinski definition) is 12. The van der Waals surface area contributed by atoms with Gasteiger partial charge in [0.25, 0.3) is 5.91 Å². The zero-order valence-electron chi connectivity index (χ0n) is 34.0. The van der Waals surface area contributed by atoms with E-state index in [1.807, 2.05) is 33.8 Å². The molecule has 0 radical (unpaired) electrons. The average molecular weight is 837 g/mol. The van der Waals surface area contributed by atoms with Crippen LogP contribution in [0.3, 0.4) is 0 Å². The number of carbonyl (C=O) groups is 4. The number of imide groups is 1. The van der Waals surface area contributed by atoms with E-state index in [0.717, 1.165) is 16.9 Å². The molecular weight excluding hydrogens is 791 g/mol. The zero-order chi connectivity index (χ0) is 42.4. The molecule has 0 spiro atoms. The SMILES string of the molecule is Cc1cc2cc(n1)-c1cnn(C)c1OCCOCCN1/C(=N/C2=O)Nc2ccc(CN3CCN(C(=O)[C@@H]4CCN(c5cc(F)c([C@H]6CCC(=O)NC6=O)c(F)c5)C4)CC3)cc21. The average Bonchev–Trinajstić information content (AvgIpc) is 3.96. The van der Waals surface area contributed by atoms with Crippen molar-refractivity contribution in [2.45, 2.75) is 38.6 Å². The molecule has 2 aromatic carbocycles. The molecule has 4 aromatic rings. The molecule has 2 atom stereocenters. The quantitative estimate of drug-likeness (QED) is 0.281. The van der Waals surface area contributed by atoms with E-state index in [4.69, 9.17) is 9.47 Å². The van der Waals surface area contributed by atoms with Gasteiger partial charge in [-0.1, -0.05) is 6.07 Å². The standard InChI is InChI=1S/C43H46F2N10O6/c1-25-17-28-19-35(47-25)31-22-46-51(2)42(31)61-16-15-60-14-13-55-36-18-26(3-5-34(36)48-43(55)50-39(28)57)23-52-9-11-53(12-10-52)41(59)27-7-8-54(24-27)29-20-32(44)38(33(45)21-29)30-4-6-37(56)49-40(30)58/h3,5,17-22,27,30H,4,6-16,23-24H2,1-2H3,(H,48,50,57)(H,49,56,58)/t27-,30-/m1/s1. The van der Waals surface area contributed by atoms with E-state index in [1.54, 1.807) is 30.1 Å². The molecule has 18 heteroatoms. The zero-order valence-corrected chi connectivity index (χ0v) is 34.0. The van der Waals surface area contributed by atoms with E-state index in [0.29, 0.717) is 119 Å². The van der Waals surface area contributed by atoms with Crippen molar-refractivity contribution in [3.8, 4) is 17.1 Å². The van der Waals surface area contributed by atoms with Crippen LogP contribution in [0.1, 0.15) is 52.4 Å². The Labute approximate surface area is 350 Å². The highest BCUT2D eigenvalue weighted by Gasteiger charge is 2.36. The van der Waals surface area contributed by atoms with Crippen LogP contribution in [-0.2, 0) is 32.7 Å². The molecule has 2 aromatic heterocycles. The number of benzene rings is 2. The Bertz CT molecular complexity index is 2430. The molecule has 61 heavy (non-hydrogen) atoms. The third-order valence-electron chi connectivity index (χ3n) is 12.0. The number of rotatable bonds is 5. The number of fused-ring (bicyclic) bond motifs is 7. The molecule has 4 amide bonds. The highest BCUT2D eigenvalue weighted by molar-refractivity contribution is 6.19. The van der Waals surface area contributed by atoms with Crippen molar-refractivity contribution in [3.05, 3.63) is 82.7 Å². The van der Waals surface area contributed by atoms with Crippen LogP contribution < -0.4 is 25.2 Å². The fraction of sp³-hybridized carbons (Fsp3) is 0.419. The summed E-state index contributed by atoms with van der Waals surface area (Å²) >= 11 is 0. The van der Waals surface area contributed by atoms with Gasteiger partial charge in [0, 0.05) is 88.3 Å². The molecule has 5 aliphatic heterocycles. The lowest BCUT2D eigenvalue weighted by Gasteiger charge is -2.36. The Kier molecular flexibility index (Phi) is 11.0. The molecule has 16 nitrogen and oxygen atoms in total. The lowest BCUT2D eigenvalue weighted by molar-refractivity contribution is -0.137. The maximum Gasteiger partial charge on any atom is 0.280 e. The lowest BCUT2D eigenvalue weighted by Crippen LogP contribution is -2.50. The number of nitrogens with one attached hydrogen (secondary N) is 2. The minimum Gasteiger partial charge on any atom is -0.475 e. The summed E-state index contributed by atoms with van der Waals surface area (Å²) in [6.45, 7) is 7.16. The third kappa shape index (κ3) is 8.16. The first-order chi connectivity index (χ1) is 29.5. The Morgan fingerprint density at radius 2 is 1.72 bits per heavy atom. The Morgan fingerprint density at radius 1 is 0.918 bits per heavy atom. The minimum absolute atomic E-state index is 0.0180. The van der Waals surface area contributed by atoms with Crippen molar-refractivity contribution in [2.75, 3.05) is 80.8 Å². The second-order valence-electron chi connectivity index (χ2n) is 16.1. The topological polar surface area (TPSA) is 167 Å². The lowest BCUT2D eigenvalue weighted by atomic mass is 9.89. The molecule has 0 aliphatic carbocycles. The van der Waals surface area contributed by atoms with Gasteiger partial charge in [0.05, 0.1) is 53.9 Å². The monoisotopic (exact) mass is 836 g/mol. The fourth-order valence-electron chi connectivity index (χ4n) is 8.83. The molecule has 2 N–H and O–H groups in total. The number of piperidine rings is 1. The molecule has 0 saturated carbocycles. The van der Waals surface area contributed by atoms with Gasteiger partial charge in [-0.2, -0.15) is 10.1 Å². The predicted molar refractivity (Wildman–Crippen MR) is 220 cm³/mol. The van der Waals surface area contributed by atoms with Crippen LogP contribution in [-0.4, -0.2) is 120 Å². The van der Waals surface area contributed by atoms with Gasteiger partial charge in [0.2, 0.25) is 29.6 Å². The normalized spacial score (nSPS) is 21.9. The second-order valence-corrected chi connectivity index (χ2v) is 16.1. The van der Waals surface area contributed by atoms with Gasteiger partial charge in [-0.25, -0.2) is 13.5 Å². The number of aryl methyl sites for hydroxylation is 2. The van der Waals surface area contributed by atoms with Crippen LogP contribution in [0.15, 0.2) is 53.7 Å². The number of nitrogens with zero attached hydrogens (tertiary/aromatic N) is 8. The van der Waals surface area contributed by atoms with E-state index >= 15 is 8.78 Å². The number of carbonyl (C=O) groups excluding carboxylic acids is 4. The van der Waals surface area contributed by atoms with Gasteiger partial charge >= 0.3 is 0 Å². The molecule has 0 unspecified atom stereocenters. The number of piperazine rings is 1. The van der Waals surface area contributed by atoms with Crippen molar-refractivity contribution in [1.82, 2.24) is 29.9 Å². The van der Waals surface area contributed by atoms with Crippen molar-refractivity contribution in [1.29, 1.82) is 0 Å². The first kappa shape index (κ1) is 40.2. The van der Waals surface area contributed by atoms with Gasteiger partial charge in [-0.15, -0.1) is 0 Å². The van der Waals surface area contributed by atoms with Crippen molar-refractivity contribution in [2.24, 2.45) is 18.0 Å². The number of pyridine rings is 1. The van der Waals surface area contributed by atoms with E-state index in [1.165, 1.54) is 12.1 Å². The first-order valence-electron chi connectivity index (χ1n) is 20.6. The number of aromatic nitrogens is 3. The van der Waals surface area contributed by atoms with Crippen LogP contribution in [0.2, 0.25) is 0 Å². The number of halogens is 2. The van der Waals surface area contributed by atoms with Gasteiger partial charge in [0.15, 0.2) is 0 Å². The Morgan fingerprint density at radius 3 is 2.51 bits per heavy atom. The van der Waals surface area contributed by atoms with Crippen molar-refractivity contribution < 1.29 is 37.4 Å². The van der Waals surface area contributed by atoms with Crippen LogP contribution >= 0.6 is 0 Å². The van der Waals surface area contributed by atoms with Gasteiger partial charge < -0.3 is 29.5 Å².